The zero-order valence-electron chi connectivity index (χ0n) is 14.9. The molecule has 0 aliphatic carbocycles. The summed E-state index contributed by atoms with van der Waals surface area (Å²) in [5.41, 5.74) is 3.13. The number of hydrogen-bond acceptors (Lipinski definition) is 4. The highest BCUT2D eigenvalue weighted by Gasteiger charge is 2.29. The fraction of sp³-hybridized carbons (Fsp3) is 0.250. The van der Waals surface area contributed by atoms with Crippen molar-refractivity contribution in [3.8, 4) is 0 Å². The van der Waals surface area contributed by atoms with E-state index in [4.69, 9.17) is 4.84 Å². The molecular weight excluding hydrogens is 347 g/mol. The summed E-state index contributed by atoms with van der Waals surface area (Å²) in [7, 11) is 0. The molecule has 1 N–H and O–H groups in total. The van der Waals surface area contributed by atoms with Crippen molar-refractivity contribution in [2.75, 3.05) is 0 Å². The lowest BCUT2D eigenvalue weighted by atomic mass is 10.0. The molecule has 0 radical (unpaired) electrons. The van der Waals surface area contributed by atoms with Crippen molar-refractivity contribution in [1.82, 2.24) is 14.9 Å². The average Bonchev–Trinajstić information content (AvgIpc) is 3.30. The molecule has 7 heteroatoms. The molecule has 1 aromatic heterocycles. The van der Waals surface area contributed by atoms with E-state index in [1.807, 2.05) is 31.2 Å². The predicted molar refractivity (Wildman–Crippen MR) is 99.7 cm³/mol. The normalized spacial score (nSPS) is 16.2. The monoisotopic (exact) mass is 366 g/mol. The first kappa shape index (κ1) is 17.2. The number of nitrogens with zero attached hydrogens (tertiary/aromatic N) is 3. The Balaban J connectivity index is 1.41. The molecule has 2 heterocycles. The van der Waals surface area contributed by atoms with Gasteiger partial charge in [-0.3, -0.25) is 4.79 Å². The molecule has 27 heavy (non-hydrogen) atoms. The summed E-state index contributed by atoms with van der Waals surface area (Å²) in [6, 6.07) is 14.0. The van der Waals surface area contributed by atoms with Crippen LogP contribution in [0.2, 0.25) is 0 Å². The van der Waals surface area contributed by atoms with Crippen LogP contribution < -0.4 is 5.32 Å². The lowest BCUT2D eigenvalue weighted by Crippen LogP contribution is -2.35. The van der Waals surface area contributed by atoms with Crippen molar-refractivity contribution in [3.63, 3.8) is 0 Å². The van der Waals surface area contributed by atoms with Gasteiger partial charge in [0.15, 0.2) is 0 Å². The van der Waals surface area contributed by atoms with E-state index in [-0.39, 0.29) is 11.7 Å². The Morgan fingerprint density at radius 1 is 1.30 bits per heavy atom. The molecular formula is C20H19FN4O2. The van der Waals surface area contributed by atoms with Gasteiger partial charge in [-0.1, -0.05) is 29.4 Å². The zero-order chi connectivity index (χ0) is 18.8. The van der Waals surface area contributed by atoms with Crippen LogP contribution in [0.1, 0.15) is 24.7 Å². The Kier molecular flexibility index (Phi) is 4.58. The first-order chi connectivity index (χ1) is 13.2. The van der Waals surface area contributed by atoms with Gasteiger partial charge >= 0.3 is 0 Å². The van der Waals surface area contributed by atoms with E-state index in [0.717, 1.165) is 23.4 Å². The van der Waals surface area contributed by atoms with Crippen LogP contribution >= 0.6 is 0 Å². The molecule has 6 nitrogen and oxygen atoms in total. The van der Waals surface area contributed by atoms with Crippen LogP contribution in [0.25, 0.3) is 11.0 Å². The quantitative estimate of drug-likeness (QED) is 0.755. The van der Waals surface area contributed by atoms with Crippen LogP contribution in [-0.4, -0.2) is 27.3 Å². The number of halogens is 1. The molecule has 3 aromatic rings. The third-order valence-corrected chi connectivity index (χ3v) is 4.59. The highest BCUT2D eigenvalue weighted by molar-refractivity contribution is 6.04. The SMILES string of the molecule is CCn1c(CNC(=O)[C@@H]2CC(c3cccc(F)c3)=NO2)nc2ccccc21. The second-order valence-corrected chi connectivity index (χ2v) is 6.33. The molecule has 138 valence electrons. The van der Waals surface area contributed by atoms with E-state index >= 15 is 0 Å². The van der Waals surface area contributed by atoms with Crippen molar-refractivity contribution in [2.24, 2.45) is 5.16 Å². The number of fused-ring (bicyclic) bond motifs is 1. The van der Waals surface area contributed by atoms with Crippen LogP contribution in [0.5, 0.6) is 0 Å². The molecule has 0 unspecified atom stereocenters. The van der Waals surface area contributed by atoms with E-state index in [1.165, 1.54) is 12.1 Å². The highest BCUT2D eigenvalue weighted by atomic mass is 19.1. The summed E-state index contributed by atoms with van der Waals surface area (Å²) < 4.78 is 15.4. The van der Waals surface area contributed by atoms with E-state index in [9.17, 15) is 9.18 Å². The molecule has 0 bridgehead atoms. The Morgan fingerprint density at radius 3 is 2.96 bits per heavy atom. The van der Waals surface area contributed by atoms with Crippen molar-refractivity contribution in [1.29, 1.82) is 0 Å². The first-order valence-corrected chi connectivity index (χ1v) is 8.86. The van der Waals surface area contributed by atoms with Crippen molar-refractivity contribution in [2.45, 2.75) is 32.5 Å². The van der Waals surface area contributed by atoms with Gasteiger partial charge in [-0.15, -0.1) is 0 Å². The molecule has 0 fully saturated rings. The molecule has 1 aliphatic heterocycles. The molecule has 4 rings (SSSR count). The molecule has 1 aliphatic rings. The van der Waals surface area contributed by atoms with Crippen molar-refractivity contribution < 1.29 is 14.0 Å². The van der Waals surface area contributed by atoms with Crippen molar-refractivity contribution in [3.05, 3.63) is 65.7 Å². The maximum absolute atomic E-state index is 13.4. The van der Waals surface area contributed by atoms with Gasteiger partial charge in [0.2, 0.25) is 6.10 Å². The molecule has 0 saturated carbocycles. The van der Waals surface area contributed by atoms with Crippen LogP contribution in [0.4, 0.5) is 4.39 Å². The number of hydrogen-bond donors (Lipinski definition) is 1. The number of carbonyl (C=O) groups excluding carboxylic acids is 1. The Hall–Kier alpha value is -3.22. The van der Waals surface area contributed by atoms with Gasteiger partial charge in [0.05, 0.1) is 23.3 Å². The minimum absolute atomic E-state index is 0.264. The van der Waals surface area contributed by atoms with E-state index in [1.54, 1.807) is 12.1 Å². The van der Waals surface area contributed by atoms with Gasteiger partial charge in [-0.25, -0.2) is 9.37 Å². The number of aromatic nitrogens is 2. The lowest BCUT2D eigenvalue weighted by Gasteiger charge is -2.10. The Bertz CT molecular complexity index is 1030. The summed E-state index contributed by atoms with van der Waals surface area (Å²) in [4.78, 5) is 22.3. The molecule has 2 aromatic carbocycles. The maximum Gasteiger partial charge on any atom is 0.264 e. The van der Waals surface area contributed by atoms with Gasteiger partial charge < -0.3 is 14.7 Å². The summed E-state index contributed by atoms with van der Waals surface area (Å²) in [5.74, 6) is 0.178. The second kappa shape index (κ2) is 7.19. The van der Waals surface area contributed by atoms with Gasteiger partial charge in [-0.2, -0.15) is 0 Å². The van der Waals surface area contributed by atoms with Crippen LogP contribution in [-0.2, 0) is 22.7 Å². The standard InChI is InChI=1S/C20H19FN4O2/c1-2-25-17-9-4-3-8-15(17)23-19(25)12-22-20(26)18-11-16(24-27-18)13-6-5-7-14(21)10-13/h3-10,18H,2,11-12H2,1H3,(H,22,26)/t18-/m0/s1. The van der Waals surface area contributed by atoms with E-state index in [0.29, 0.717) is 24.2 Å². The molecule has 1 amide bonds. The average molecular weight is 366 g/mol. The molecule has 1 atom stereocenters. The number of benzene rings is 2. The largest absolute Gasteiger partial charge is 0.382 e. The van der Waals surface area contributed by atoms with Crippen LogP contribution in [0, 0.1) is 5.82 Å². The number of nitrogens with one attached hydrogen (secondary N) is 1. The highest BCUT2D eigenvalue weighted by Crippen LogP contribution is 2.19. The molecule has 0 spiro atoms. The minimum atomic E-state index is -0.720. The van der Waals surface area contributed by atoms with Crippen LogP contribution in [0.3, 0.4) is 0 Å². The fourth-order valence-electron chi connectivity index (χ4n) is 3.25. The topological polar surface area (TPSA) is 68.5 Å². The minimum Gasteiger partial charge on any atom is -0.382 e. The molecule has 0 saturated heterocycles. The third-order valence-electron chi connectivity index (χ3n) is 4.59. The van der Waals surface area contributed by atoms with Gasteiger partial charge in [0.25, 0.3) is 5.91 Å². The number of aryl methyl sites for hydroxylation is 1. The fourth-order valence-corrected chi connectivity index (χ4v) is 3.25. The Labute approximate surface area is 155 Å². The van der Waals surface area contributed by atoms with Gasteiger partial charge in [0, 0.05) is 18.5 Å². The summed E-state index contributed by atoms with van der Waals surface area (Å²) in [6.07, 6.45) is -0.415. The summed E-state index contributed by atoms with van der Waals surface area (Å²) in [6.45, 7) is 3.10. The number of oxime groups is 1. The van der Waals surface area contributed by atoms with E-state index < -0.39 is 6.10 Å². The van der Waals surface area contributed by atoms with Crippen LogP contribution in [0.15, 0.2) is 53.7 Å². The first-order valence-electron chi connectivity index (χ1n) is 8.86. The smallest absolute Gasteiger partial charge is 0.264 e. The number of para-hydroxylation sites is 2. The second-order valence-electron chi connectivity index (χ2n) is 6.33. The number of rotatable bonds is 5. The number of carbonyl (C=O) groups is 1. The maximum atomic E-state index is 13.4. The lowest BCUT2D eigenvalue weighted by molar-refractivity contribution is -0.131. The van der Waals surface area contributed by atoms with Gasteiger partial charge in [-0.05, 0) is 31.2 Å². The summed E-state index contributed by atoms with van der Waals surface area (Å²) in [5, 5.41) is 6.81. The Morgan fingerprint density at radius 2 is 2.15 bits per heavy atom. The predicted octanol–water partition coefficient (Wildman–Crippen LogP) is 3.00. The number of imidazole rings is 1. The zero-order valence-corrected chi connectivity index (χ0v) is 14.9. The van der Waals surface area contributed by atoms with Gasteiger partial charge in [0.1, 0.15) is 11.6 Å². The number of amides is 1. The van der Waals surface area contributed by atoms with Crippen molar-refractivity contribution >= 4 is 22.7 Å². The van der Waals surface area contributed by atoms with E-state index in [2.05, 4.69) is 20.0 Å². The third kappa shape index (κ3) is 3.40. The summed E-state index contributed by atoms with van der Waals surface area (Å²) >= 11 is 0.